The molecule has 1 N–H and O–H groups in total. The van der Waals surface area contributed by atoms with Gasteiger partial charge in [0, 0.05) is 18.8 Å². The lowest BCUT2D eigenvalue weighted by Gasteiger charge is -2.31. The van der Waals surface area contributed by atoms with Gasteiger partial charge >= 0.3 is 0 Å². The Kier molecular flexibility index (Phi) is 5.91. The number of rotatable bonds is 4. The molecule has 1 aliphatic heterocycles. The number of carbonyl (C=O) groups excluding carboxylic acids is 1. The van der Waals surface area contributed by atoms with Gasteiger partial charge in [0.25, 0.3) is 0 Å². The molecular formula is C22H28N2O3S. The smallest absolute Gasteiger partial charge is 0.243 e. The van der Waals surface area contributed by atoms with Gasteiger partial charge in [0.15, 0.2) is 0 Å². The maximum Gasteiger partial charge on any atom is 0.243 e. The second kappa shape index (κ2) is 8.05. The van der Waals surface area contributed by atoms with Gasteiger partial charge in [-0.3, -0.25) is 4.79 Å². The van der Waals surface area contributed by atoms with E-state index in [2.05, 4.69) is 26.1 Å². The number of nitrogens with zero attached hydrogens (tertiary/aromatic N) is 1. The fraction of sp³-hybridized carbons (Fsp3) is 0.409. The molecular weight excluding hydrogens is 372 g/mol. The first-order chi connectivity index (χ1) is 13.2. The fourth-order valence-corrected chi connectivity index (χ4v) is 4.96. The van der Waals surface area contributed by atoms with E-state index in [1.807, 2.05) is 24.3 Å². The molecule has 6 heteroatoms. The molecule has 1 aliphatic rings. The minimum atomic E-state index is -3.57. The first kappa shape index (κ1) is 20.6. The van der Waals surface area contributed by atoms with E-state index in [0.29, 0.717) is 19.4 Å². The predicted octanol–water partition coefficient (Wildman–Crippen LogP) is 4.02. The average Bonchev–Trinajstić information content (AvgIpc) is 2.68. The van der Waals surface area contributed by atoms with Gasteiger partial charge in [0.1, 0.15) is 0 Å². The van der Waals surface area contributed by atoms with Crippen LogP contribution in [0.5, 0.6) is 0 Å². The number of carbonyl (C=O) groups is 1. The van der Waals surface area contributed by atoms with E-state index in [1.165, 1.54) is 9.87 Å². The predicted molar refractivity (Wildman–Crippen MR) is 112 cm³/mol. The van der Waals surface area contributed by atoms with Crippen LogP contribution >= 0.6 is 0 Å². The molecule has 0 aliphatic carbocycles. The number of amides is 1. The van der Waals surface area contributed by atoms with Gasteiger partial charge in [-0.15, -0.1) is 0 Å². The summed E-state index contributed by atoms with van der Waals surface area (Å²) in [7, 11) is -3.57. The van der Waals surface area contributed by atoms with Crippen molar-refractivity contribution in [3.8, 4) is 0 Å². The molecule has 28 heavy (non-hydrogen) atoms. The van der Waals surface area contributed by atoms with Crippen LogP contribution in [0.3, 0.4) is 0 Å². The van der Waals surface area contributed by atoms with Gasteiger partial charge in [-0.05, 0) is 48.1 Å². The monoisotopic (exact) mass is 400 g/mol. The lowest BCUT2D eigenvalue weighted by atomic mass is 9.87. The number of sulfonamides is 1. The van der Waals surface area contributed by atoms with Crippen LogP contribution in [0.25, 0.3) is 0 Å². The Morgan fingerprint density at radius 3 is 2.29 bits per heavy atom. The highest BCUT2D eigenvalue weighted by atomic mass is 32.2. The third-order valence-corrected chi connectivity index (χ3v) is 7.03. The van der Waals surface area contributed by atoms with Crippen LogP contribution in [0, 0.1) is 5.92 Å². The van der Waals surface area contributed by atoms with Gasteiger partial charge in [-0.1, -0.05) is 51.1 Å². The SMILES string of the molecule is CC(C)(C)c1ccc(NC(=O)[C@H]2CCCN(S(=O)(=O)c3ccccc3)C2)cc1. The Balaban J connectivity index is 1.68. The van der Waals surface area contributed by atoms with E-state index in [9.17, 15) is 13.2 Å². The van der Waals surface area contributed by atoms with Gasteiger partial charge in [-0.2, -0.15) is 4.31 Å². The number of anilines is 1. The minimum absolute atomic E-state index is 0.0538. The molecule has 0 radical (unpaired) electrons. The van der Waals surface area contributed by atoms with Crippen molar-refractivity contribution in [1.29, 1.82) is 0 Å². The molecule has 1 saturated heterocycles. The molecule has 150 valence electrons. The van der Waals surface area contributed by atoms with Crippen molar-refractivity contribution in [3.05, 3.63) is 60.2 Å². The van der Waals surface area contributed by atoms with Gasteiger partial charge < -0.3 is 5.32 Å². The highest BCUT2D eigenvalue weighted by Gasteiger charge is 2.33. The van der Waals surface area contributed by atoms with E-state index in [4.69, 9.17) is 0 Å². The molecule has 0 unspecified atom stereocenters. The summed E-state index contributed by atoms with van der Waals surface area (Å²) in [6.45, 7) is 7.09. The summed E-state index contributed by atoms with van der Waals surface area (Å²) < 4.78 is 27.1. The minimum Gasteiger partial charge on any atom is -0.326 e. The Bertz CT molecular complexity index is 917. The van der Waals surface area contributed by atoms with Crippen LogP contribution in [0.1, 0.15) is 39.2 Å². The average molecular weight is 401 g/mol. The van der Waals surface area contributed by atoms with Crippen molar-refractivity contribution >= 4 is 21.6 Å². The number of piperidine rings is 1. The molecule has 2 aromatic carbocycles. The van der Waals surface area contributed by atoms with E-state index >= 15 is 0 Å². The summed E-state index contributed by atoms with van der Waals surface area (Å²) in [5.74, 6) is -0.481. The zero-order valence-corrected chi connectivity index (χ0v) is 17.5. The third kappa shape index (κ3) is 4.62. The topological polar surface area (TPSA) is 66.5 Å². The molecule has 1 heterocycles. The molecule has 2 aromatic rings. The van der Waals surface area contributed by atoms with Gasteiger partial charge in [0.2, 0.25) is 15.9 Å². The van der Waals surface area contributed by atoms with Crippen LogP contribution in [-0.4, -0.2) is 31.7 Å². The lowest BCUT2D eigenvalue weighted by molar-refractivity contribution is -0.120. The largest absolute Gasteiger partial charge is 0.326 e. The van der Waals surface area contributed by atoms with Crippen LogP contribution in [-0.2, 0) is 20.2 Å². The van der Waals surface area contributed by atoms with Gasteiger partial charge in [0.05, 0.1) is 10.8 Å². The van der Waals surface area contributed by atoms with Crippen molar-refractivity contribution in [1.82, 2.24) is 4.31 Å². The van der Waals surface area contributed by atoms with Crippen molar-refractivity contribution in [2.24, 2.45) is 5.92 Å². The normalized spacial score (nSPS) is 18.6. The summed E-state index contributed by atoms with van der Waals surface area (Å²) >= 11 is 0. The maximum absolute atomic E-state index is 12.8. The molecule has 3 rings (SSSR count). The quantitative estimate of drug-likeness (QED) is 0.843. The van der Waals surface area contributed by atoms with Crippen LogP contribution in [0.15, 0.2) is 59.5 Å². The standard InChI is InChI=1S/C22H28N2O3S/c1-22(2,3)18-11-13-19(14-12-18)23-21(25)17-8-7-15-24(16-17)28(26,27)20-9-5-4-6-10-20/h4-6,9-14,17H,7-8,15-16H2,1-3H3,(H,23,25)/t17-/m0/s1. The van der Waals surface area contributed by atoms with Crippen LogP contribution in [0.4, 0.5) is 5.69 Å². The van der Waals surface area contributed by atoms with Gasteiger partial charge in [-0.25, -0.2) is 8.42 Å². The Hall–Kier alpha value is -2.18. The molecule has 1 atom stereocenters. The molecule has 0 saturated carbocycles. The highest BCUT2D eigenvalue weighted by Crippen LogP contribution is 2.26. The summed E-state index contributed by atoms with van der Waals surface area (Å²) in [4.78, 5) is 13.0. The number of benzene rings is 2. The van der Waals surface area contributed by atoms with E-state index in [-0.39, 0.29) is 28.7 Å². The number of nitrogens with one attached hydrogen (secondary N) is 1. The summed E-state index contributed by atoms with van der Waals surface area (Å²) in [6, 6.07) is 16.2. The number of hydrogen-bond donors (Lipinski definition) is 1. The second-order valence-corrected chi connectivity index (χ2v) is 10.3. The fourth-order valence-electron chi connectivity index (χ4n) is 3.41. The molecule has 0 aromatic heterocycles. The molecule has 0 bridgehead atoms. The Morgan fingerprint density at radius 2 is 1.68 bits per heavy atom. The second-order valence-electron chi connectivity index (χ2n) is 8.33. The molecule has 1 amide bonds. The summed E-state index contributed by atoms with van der Waals surface area (Å²) in [5.41, 5.74) is 1.99. The van der Waals surface area contributed by atoms with Crippen molar-refractivity contribution in [3.63, 3.8) is 0 Å². The summed E-state index contributed by atoms with van der Waals surface area (Å²) in [6.07, 6.45) is 1.36. The zero-order chi connectivity index (χ0) is 20.4. The first-order valence-electron chi connectivity index (χ1n) is 9.64. The zero-order valence-electron chi connectivity index (χ0n) is 16.7. The maximum atomic E-state index is 12.8. The molecule has 5 nitrogen and oxygen atoms in total. The van der Waals surface area contributed by atoms with E-state index < -0.39 is 10.0 Å². The van der Waals surface area contributed by atoms with E-state index in [1.54, 1.807) is 30.3 Å². The molecule has 1 fully saturated rings. The Morgan fingerprint density at radius 1 is 1.04 bits per heavy atom. The lowest BCUT2D eigenvalue weighted by Crippen LogP contribution is -2.43. The Labute approximate surface area is 167 Å². The van der Waals surface area contributed by atoms with Crippen molar-refractivity contribution < 1.29 is 13.2 Å². The highest BCUT2D eigenvalue weighted by molar-refractivity contribution is 7.89. The van der Waals surface area contributed by atoms with Crippen molar-refractivity contribution in [2.75, 3.05) is 18.4 Å². The van der Waals surface area contributed by atoms with Crippen LogP contribution in [0.2, 0.25) is 0 Å². The summed E-state index contributed by atoms with van der Waals surface area (Å²) in [5, 5.41) is 2.94. The van der Waals surface area contributed by atoms with E-state index in [0.717, 1.165) is 5.69 Å². The van der Waals surface area contributed by atoms with Crippen molar-refractivity contribution in [2.45, 2.75) is 43.9 Å². The third-order valence-electron chi connectivity index (χ3n) is 5.15. The first-order valence-corrected chi connectivity index (χ1v) is 11.1. The number of hydrogen-bond acceptors (Lipinski definition) is 3. The molecule has 0 spiro atoms. The van der Waals surface area contributed by atoms with Crippen LogP contribution < -0.4 is 5.32 Å².